The highest BCUT2D eigenvalue weighted by Crippen LogP contribution is 2.17. The number of phenols is 1. The Labute approximate surface area is 106 Å². The molecule has 0 bridgehead atoms. The van der Waals surface area contributed by atoms with Crippen LogP contribution in [0.4, 0.5) is 4.39 Å². The molecule has 1 aromatic rings. The molecule has 1 atom stereocenters. The quantitative estimate of drug-likeness (QED) is 0.840. The maximum absolute atomic E-state index is 13.0. The van der Waals surface area contributed by atoms with Crippen molar-refractivity contribution in [3.63, 3.8) is 0 Å². The molecule has 5 heteroatoms. The predicted octanol–water partition coefficient (Wildman–Crippen LogP) is 0.951. The fraction of sp³-hybridized carbons (Fsp3) is 0.538. The smallest absolute Gasteiger partial charge is 0.123 e. The zero-order chi connectivity index (χ0) is 13.0. The van der Waals surface area contributed by atoms with Crippen molar-refractivity contribution in [1.82, 2.24) is 10.2 Å². The van der Waals surface area contributed by atoms with Crippen LogP contribution in [-0.2, 0) is 11.3 Å². The number of phenolic OH excluding ortho intramolecular Hbond substituents is 1. The Bertz CT molecular complexity index is 401. The van der Waals surface area contributed by atoms with Crippen LogP contribution in [0, 0.1) is 5.82 Å². The lowest BCUT2D eigenvalue weighted by Gasteiger charge is -2.30. The van der Waals surface area contributed by atoms with Gasteiger partial charge in [-0.15, -0.1) is 0 Å². The average molecular weight is 254 g/mol. The molecule has 0 aromatic heterocycles. The van der Waals surface area contributed by atoms with E-state index in [-0.39, 0.29) is 17.7 Å². The SMILES string of the molecule is CN1CCOC(CNCc2cc(F)ccc2O)C1. The molecule has 18 heavy (non-hydrogen) atoms. The minimum atomic E-state index is -0.335. The van der Waals surface area contributed by atoms with E-state index in [1.807, 2.05) is 0 Å². The van der Waals surface area contributed by atoms with E-state index in [0.29, 0.717) is 18.7 Å². The van der Waals surface area contributed by atoms with Crippen molar-refractivity contribution >= 4 is 0 Å². The first-order valence-corrected chi connectivity index (χ1v) is 6.13. The summed E-state index contributed by atoms with van der Waals surface area (Å²) in [5, 5.41) is 12.7. The van der Waals surface area contributed by atoms with Crippen LogP contribution in [0.3, 0.4) is 0 Å². The summed E-state index contributed by atoms with van der Waals surface area (Å²) in [5.41, 5.74) is 0.569. The fourth-order valence-electron chi connectivity index (χ4n) is 2.05. The first-order valence-electron chi connectivity index (χ1n) is 6.13. The van der Waals surface area contributed by atoms with Crippen molar-refractivity contribution in [3.05, 3.63) is 29.6 Å². The summed E-state index contributed by atoms with van der Waals surface area (Å²) < 4.78 is 18.6. The lowest BCUT2D eigenvalue weighted by molar-refractivity contribution is -0.0182. The topological polar surface area (TPSA) is 44.7 Å². The molecule has 2 rings (SSSR count). The Balaban J connectivity index is 1.79. The molecule has 0 aliphatic carbocycles. The average Bonchev–Trinajstić information content (AvgIpc) is 2.34. The van der Waals surface area contributed by atoms with Crippen LogP contribution in [0.25, 0.3) is 0 Å². The number of nitrogens with zero attached hydrogens (tertiary/aromatic N) is 1. The first kappa shape index (κ1) is 13.3. The Morgan fingerprint density at radius 2 is 2.39 bits per heavy atom. The van der Waals surface area contributed by atoms with E-state index in [4.69, 9.17) is 4.74 Å². The van der Waals surface area contributed by atoms with Gasteiger partial charge in [-0.1, -0.05) is 0 Å². The largest absolute Gasteiger partial charge is 0.508 e. The van der Waals surface area contributed by atoms with Crippen LogP contribution in [-0.4, -0.2) is 49.4 Å². The van der Waals surface area contributed by atoms with Gasteiger partial charge >= 0.3 is 0 Å². The number of hydrogen-bond acceptors (Lipinski definition) is 4. The van der Waals surface area contributed by atoms with Crippen molar-refractivity contribution in [2.45, 2.75) is 12.6 Å². The molecule has 0 spiro atoms. The van der Waals surface area contributed by atoms with Gasteiger partial charge in [-0.25, -0.2) is 4.39 Å². The van der Waals surface area contributed by atoms with Gasteiger partial charge in [0.2, 0.25) is 0 Å². The number of morpholine rings is 1. The second-order valence-corrected chi connectivity index (χ2v) is 4.66. The lowest BCUT2D eigenvalue weighted by Crippen LogP contribution is -2.44. The molecule has 0 saturated carbocycles. The van der Waals surface area contributed by atoms with E-state index >= 15 is 0 Å². The summed E-state index contributed by atoms with van der Waals surface area (Å²) in [6.07, 6.45) is 0.152. The standard InChI is InChI=1S/C13H19FN2O2/c1-16-4-5-18-12(9-16)8-15-7-10-6-11(14)2-3-13(10)17/h2-3,6,12,15,17H,4-5,7-9H2,1H3. The summed E-state index contributed by atoms with van der Waals surface area (Å²) >= 11 is 0. The van der Waals surface area contributed by atoms with Gasteiger partial charge in [0.25, 0.3) is 0 Å². The van der Waals surface area contributed by atoms with Crippen LogP contribution in [0.15, 0.2) is 18.2 Å². The molecule has 0 radical (unpaired) electrons. The lowest BCUT2D eigenvalue weighted by atomic mass is 10.2. The summed E-state index contributed by atoms with van der Waals surface area (Å²) in [4.78, 5) is 2.22. The first-order chi connectivity index (χ1) is 8.65. The van der Waals surface area contributed by atoms with E-state index < -0.39 is 0 Å². The molecular weight excluding hydrogens is 235 g/mol. The van der Waals surface area contributed by atoms with Crippen molar-refractivity contribution in [2.24, 2.45) is 0 Å². The Kier molecular flexibility index (Phi) is 4.52. The maximum atomic E-state index is 13.0. The van der Waals surface area contributed by atoms with Crippen LogP contribution in [0.5, 0.6) is 5.75 Å². The summed E-state index contributed by atoms with van der Waals surface area (Å²) in [6, 6.07) is 3.96. The van der Waals surface area contributed by atoms with Gasteiger partial charge in [-0.05, 0) is 25.2 Å². The molecule has 1 aromatic carbocycles. The second-order valence-electron chi connectivity index (χ2n) is 4.66. The highest BCUT2D eigenvalue weighted by atomic mass is 19.1. The molecule has 1 aliphatic heterocycles. The fourth-order valence-corrected chi connectivity index (χ4v) is 2.05. The van der Waals surface area contributed by atoms with E-state index in [2.05, 4.69) is 17.3 Å². The third-order valence-electron chi connectivity index (χ3n) is 3.07. The number of rotatable bonds is 4. The van der Waals surface area contributed by atoms with Gasteiger partial charge in [-0.2, -0.15) is 0 Å². The Morgan fingerprint density at radius 3 is 3.17 bits per heavy atom. The van der Waals surface area contributed by atoms with E-state index in [1.54, 1.807) is 0 Å². The van der Waals surface area contributed by atoms with Gasteiger partial charge in [0.15, 0.2) is 0 Å². The van der Waals surface area contributed by atoms with Crippen molar-refractivity contribution in [2.75, 3.05) is 33.3 Å². The van der Waals surface area contributed by atoms with Crippen LogP contribution in [0.1, 0.15) is 5.56 Å². The molecule has 1 unspecified atom stereocenters. The van der Waals surface area contributed by atoms with E-state index in [1.165, 1.54) is 18.2 Å². The molecule has 1 fully saturated rings. The number of halogens is 1. The van der Waals surface area contributed by atoms with E-state index in [0.717, 1.165) is 19.7 Å². The third-order valence-corrected chi connectivity index (χ3v) is 3.07. The number of hydrogen-bond donors (Lipinski definition) is 2. The van der Waals surface area contributed by atoms with Crippen molar-refractivity contribution in [3.8, 4) is 5.75 Å². The van der Waals surface area contributed by atoms with Gasteiger partial charge in [-0.3, -0.25) is 0 Å². The maximum Gasteiger partial charge on any atom is 0.123 e. The Morgan fingerprint density at radius 1 is 1.56 bits per heavy atom. The predicted molar refractivity (Wildman–Crippen MR) is 67.0 cm³/mol. The van der Waals surface area contributed by atoms with Crippen molar-refractivity contribution < 1.29 is 14.2 Å². The minimum Gasteiger partial charge on any atom is -0.508 e. The number of likely N-dealkylation sites (N-methyl/N-ethyl adjacent to an activating group) is 1. The Hall–Kier alpha value is -1.17. The van der Waals surface area contributed by atoms with Crippen LogP contribution < -0.4 is 5.32 Å². The zero-order valence-electron chi connectivity index (χ0n) is 10.5. The monoisotopic (exact) mass is 254 g/mol. The van der Waals surface area contributed by atoms with E-state index in [9.17, 15) is 9.50 Å². The minimum absolute atomic E-state index is 0.116. The van der Waals surface area contributed by atoms with Gasteiger partial charge in [0.1, 0.15) is 11.6 Å². The number of nitrogens with one attached hydrogen (secondary N) is 1. The molecule has 1 aliphatic rings. The highest BCUT2D eigenvalue weighted by molar-refractivity contribution is 5.32. The molecular formula is C13H19FN2O2. The van der Waals surface area contributed by atoms with Crippen LogP contribution >= 0.6 is 0 Å². The highest BCUT2D eigenvalue weighted by Gasteiger charge is 2.17. The normalized spacial score (nSPS) is 21.1. The molecule has 1 heterocycles. The number of aromatic hydroxyl groups is 1. The molecule has 2 N–H and O–H groups in total. The molecule has 4 nitrogen and oxygen atoms in total. The number of benzene rings is 1. The second kappa shape index (κ2) is 6.13. The van der Waals surface area contributed by atoms with Crippen LogP contribution in [0.2, 0.25) is 0 Å². The van der Waals surface area contributed by atoms with Gasteiger partial charge in [0, 0.05) is 31.7 Å². The van der Waals surface area contributed by atoms with Gasteiger partial charge in [0.05, 0.1) is 12.7 Å². The van der Waals surface area contributed by atoms with Crippen molar-refractivity contribution in [1.29, 1.82) is 0 Å². The summed E-state index contributed by atoms with van der Waals surface area (Å²) in [6.45, 7) is 3.73. The third kappa shape index (κ3) is 3.66. The zero-order valence-corrected chi connectivity index (χ0v) is 10.5. The summed E-state index contributed by atoms with van der Waals surface area (Å²) in [7, 11) is 2.06. The van der Waals surface area contributed by atoms with Gasteiger partial charge < -0.3 is 20.1 Å². The molecule has 100 valence electrons. The number of ether oxygens (including phenoxy) is 1. The molecule has 1 saturated heterocycles. The molecule has 0 amide bonds. The summed E-state index contributed by atoms with van der Waals surface area (Å²) in [5.74, 6) is -0.219.